The molecule has 0 spiro atoms. The summed E-state index contributed by atoms with van der Waals surface area (Å²) in [5, 5.41) is 9.92. The number of aliphatic hydroxyl groups is 1. The number of nitrogen functional groups attached to an aromatic ring is 1. The Hall–Kier alpha value is -1.55. The van der Waals surface area contributed by atoms with Crippen LogP contribution < -0.4 is 5.73 Å². The Balaban J connectivity index is 2.21. The zero-order valence-electron chi connectivity index (χ0n) is 10.6. The molecule has 3 N–H and O–H groups in total. The summed E-state index contributed by atoms with van der Waals surface area (Å²) in [5.41, 5.74) is 8.50. The Morgan fingerprint density at radius 1 is 1.39 bits per heavy atom. The van der Waals surface area contributed by atoms with Gasteiger partial charge in [0, 0.05) is 11.7 Å². The van der Waals surface area contributed by atoms with Crippen molar-refractivity contribution in [2.24, 2.45) is 0 Å². The maximum absolute atomic E-state index is 9.92. The first kappa shape index (κ1) is 11.5. The molecule has 1 aliphatic rings. The largest absolute Gasteiger partial charge is 0.399 e. The van der Waals surface area contributed by atoms with Gasteiger partial charge >= 0.3 is 0 Å². The third kappa shape index (κ3) is 1.77. The average molecular weight is 245 g/mol. The van der Waals surface area contributed by atoms with E-state index in [9.17, 15) is 5.11 Å². The van der Waals surface area contributed by atoms with Crippen LogP contribution in [-0.4, -0.2) is 14.7 Å². The monoisotopic (exact) mass is 245 g/mol. The van der Waals surface area contributed by atoms with Gasteiger partial charge in [-0.3, -0.25) is 0 Å². The van der Waals surface area contributed by atoms with Gasteiger partial charge in [0.25, 0.3) is 0 Å². The number of imidazole rings is 1. The normalized spacial score (nSPS) is 18.6. The molecular formula is C14H19N3O. The molecule has 4 nitrogen and oxygen atoms in total. The van der Waals surface area contributed by atoms with E-state index in [0.717, 1.165) is 22.5 Å². The first-order valence-electron chi connectivity index (χ1n) is 6.62. The van der Waals surface area contributed by atoms with E-state index in [1.165, 1.54) is 25.7 Å². The van der Waals surface area contributed by atoms with Crippen LogP contribution in [-0.2, 0) is 0 Å². The van der Waals surface area contributed by atoms with Crippen molar-refractivity contribution in [3.63, 3.8) is 0 Å². The summed E-state index contributed by atoms with van der Waals surface area (Å²) in [6, 6.07) is 6.28. The molecule has 18 heavy (non-hydrogen) atoms. The van der Waals surface area contributed by atoms with Crippen LogP contribution in [0, 0.1) is 0 Å². The van der Waals surface area contributed by atoms with Crippen LogP contribution in [0.5, 0.6) is 0 Å². The number of hydrogen-bond donors (Lipinski definition) is 2. The molecule has 4 heteroatoms. The standard InChI is InChI=1S/C14H19N3O/c1-9(18)14-16-12-8-10(15)6-7-13(12)17(14)11-4-2-3-5-11/h6-9,11,18H,2-5,15H2,1H3. The molecule has 1 heterocycles. The number of rotatable bonds is 2. The number of anilines is 1. The van der Waals surface area contributed by atoms with Gasteiger partial charge in [0.1, 0.15) is 11.9 Å². The maximum Gasteiger partial charge on any atom is 0.138 e. The number of nitrogens with two attached hydrogens (primary N) is 1. The van der Waals surface area contributed by atoms with Crippen molar-refractivity contribution < 1.29 is 5.11 Å². The van der Waals surface area contributed by atoms with Crippen molar-refractivity contribution in [3.8, 4) is 0 Å². The molecule has 1 fully saturated rings. The van der Waals surface area contributed by atoms with Crippen LogP contribution in [0.3, 0.4) is 0 Å². The molecule has 1 atom stereocenters. The molecule has 0 radical (unpaired) electrons. The van der Waals surface area contributed by atoms with Crippen molar-refractivity contribution >= 4 is 16.7 Å². The van der Waals surface area contributed by atoms with Gasteiger partial charge in [-0.2, -0.15) is 0 Å². The van der Waals surface area contributed by atoms with E-state index in [0.29, 0.717) is 6.04 Å². The van der Waals surface area contributed by atoms with Crippen LogP contribution in [0.1, 0.15) is 50.6 Å². The molecule has 1 saturated carbocycles. The fraction of sp³-hybridized carbons (Fsp3) is 0.500. The van der Waals surface area contributed by atoms with Crippen LogP contribution in [0.25, 0.3) is 11.0 Å². The molecule has 1 unspecified atom stereocenters. The van der Waals surface area contributed by atoms with Gasteiger partial charge in [-0.25, -0.2) is 4.98 Å². The second-order valence-electron chi connectivity index (χ2n) is 5.20. The van der Waals surface area contributed by atoms with Crippen LogP contribution in [0.2, 0.25) is 0 Å². The second kappa shape index (κ2) is 4.28. The third-order valence-electron chi connectivity index (χ3n) is 3.80. The van der Waals surface area contributed by atoms with Gasteiger partial charge in [0.05, 0.1) is 11.0 Å². The highest BCUT2D eigenvalue weighted by Crippen LogP contribution is 2.35. The Kier molecular flexibility index (Phi) is 2.74. The summed E-state index contributed by atoms with van der Waals surface area (Å²) in [5.74, 6) is 0.766. The van der Waals surface area contributed by atoms with Crippen molar-refractivity contribution in [1.82, 2.24) is 9.55 Å². The minimum atomic E-state index is -0.542. The van der Waals surface area contributed by atoms with Gasteiger partial charge < -0.3 is 15.4 Å². The van der Waals surface area contributed by atoms with Crippen molar-refractivity contribution in [3.05, 3.63) is 24.0 Å². The van der Waals surface area contributed by atoms with E-state index < -0.39 is 6.10 Å². The highest BCUT2D eigenvalue weighted by Gasteiger charge is 2.24. The van der Waals surface area contributed by atoms with E-state index in [2.05, 4.69) is 9.55 Å². The van der Waals surface area contributed by atoms with E-state index in [4.69, 9.17) is 5.73 Å². The molecule has 1 aromatic carbocycles. The number of nitrogens with zero attached hydrogens (tertiary/aromatic N) is 2. The predicted molar refractivity (Wildman–Crippen MR) is 72.3 cm³/mol. The molecule has 0 bridgehead atoms. The second-order valence-corrected chi connectivity index (χ2v) is 5.20. The number of benzene rings is 1. The van der Waals surface area contributed by atoms with Crippen LogP contribution in [0.4, 0.5) is 5.69 Å². The minimum absolute atomic E-state index is 0.475. The zero-order chi connectivity index (χ0) is 12.7. The van der Waals surface area contributed by atoms with Gasteiger partial charge in [-0.15, -0.1) is 0 Å². The molecule has 3 rings (SSSR count). The lowest BCUT2D eigenvalue weighted by molar-refractivity contribution is 0.181. The van der Waals surface area contributed by atoms with Gasteiger partial charge in [0.15, 0.2) is 0 Å². The summed E-state index contributed by atoms with van der Waals surface area (Å²) < 4.78 is 2.21. The number of hydrogen-bond acceptors (Lipinski definition) is 3. The van der Waals surface area contributed by atoms with E-state index in [-0.39, 0.29) is 0 Å². The molecular weight excluding hydrogens is 226 g/mol. The summed E-state index contributed by atoms with van der Waals surface area (Å²) in [7, 11) is 0. The predicted octanol–water partition coefficient (Wildman–Crippen LogP) is 2.79. The molecule has 1 aliphatic carbocycles. The van der Waals surface area contributed by atoms with Crippen molar-refractivity contribution in [2.75, 3.05) is 5.73 Å². The maximum atomic E-state index is 9.92. The summed E-state index contributed by atoms with van der Waals surface area (Å²) in [6.45, 7) is 1.77. The molecule has 2 aromatic rings. The molecule has 0 amide bonds. The first-order valence-corrected chi connectivity index (χ1v) is 6.62. The number of aliphatic hydroxyl groups excluding tert-OH is 1. The highest BCUT2D eigenvalue weighted by atomic mass is 16.3. The van der Waals surface area contributed by atoms with E-state index >= 15 is 0 Å². The lowest BCUT2D eigenvalue weighted by Gasteiger charge is -2.17. The average Bonchev–Trinajstić information content (AvgIpc) is 2.92. The third-order valence-corrected chi connectivity index (χ3v) is 3.80. The molecule has 96 valence electrons. The zero-order valence-corrected chi connectivity index (χ0v) is 10.6. The van der Waals surface area contributed by atoms with E-state index in [1.54, 1.807) is 6.92 Å². The number of fused-ring (bicyclic) bond motifs is 1. The fourth-order valence-electron chi connectivity index (χ4n) is 2.98. The quantitative estimate of drug-likeness (QED) is 0.800. The van der Waals surface area contributed by atoms with Crippen LogP contribution in [0.15, 0.2) is 18.2 Å². The summed E-state index contributed by atoms with van der Waals surface area (Å²) in [6.07, 6.45) is 4.33. The van der Waals surface area contributed by atoms with Crippen molar-refractivity contribution in [1.29, 1.82) is 0 Å². The smallest absolute Gasteiger partial charge is 0.138 e. The Bertz CT molecular complexity index is 568. The number of aromatic nitrogens is 2. The molecule has 0 aliphatic heterocycles. The van der Waals surface area contributed by atoms with E-state index in [1.807, 2.05) is 18.2 Å². The summed E-state index contributed by atoms with van der Waals surface area (Å²) in [4.78, 5) is 4.55. The Labute approximate surface area is 106 Å². The van der Waals surface area contributed by atoms with Crippen molar-refractivity contribution in [2.45, 2.75) is 44.8 Å². The highest BCUT2D eigenvalue weighted by molar-refractivity contribution is 5.80. The SMILES string of the molecule is CC(O)c1nc2cc(N)ccc2n1C1CCCC1. The minimum Gasteiger partial charge on any atom is -0.399 e. The molecule has 1 aromatic heterocycles. The lowest BCUT2D eigenvalue weighted by atomic mass is 10.2. The Morgan fingerprint density at radius 2 is 2.11 bits per heavy atom. The topological polar surface area (TPSA) is 64.1 Å². The van der Waals surface area contributed by atoms with Gasteiger partial charge in [-0.05, 0) is 38.0 Å². The van der Waals surface area contributed by atoms with Gasteiger partial charge in [-0.1, -0.05) is 12.8 Å². The lowest BCUT2D eigenvalue weighted by Crippen LogP contribution is -2.11. The van der Waals surface area contributed by atoms with Gasteiger partial charge in [0.2, 0.25) is 0 Å². The first-order chi connectivity index (χ1) is 8.66. The van der Waals surface area contributed by atoms with Crippen LogP contribution >= 0.6 is 0 Å². The molecule has 0 saturated heterocycles. The fourth-order valence-corrected chi connectivity index (χ4v) is 2.98. The summed E-state index contributed by atoms with van der Waals surface area (Å²) >= 11 is 0. The Morgan fingerprint density at radius 3 is 2.78 bits per heavy atom.